The van der Waals surface area contributed by atoms with Crippen LogP contribution in [-0.2, 0) is 4.74 Å². The van der Waals surface area contributed by atoms with E-state index in [2.05, 4.69) is 22.6 Å². The van der Waals surface area contributed by atoms with Gasteiger partial charge < -0.3 is 10.1 Å². The molecule has 0 saturated heterocycles. The molecule has 1 heterocycles. The first-order valence-electron chi connectivity index (χ1n) is 4.38. The van der Waals surface area contributed by atoms with Gasteiger partial charge in [-0.1, -0.05) is 0 Å². The van der Waals surface area contributed by atoms with Gasteiger partial charge in [0, 0.05) is 24.7 Å². The van der Waals surface area contributed by atoms with Gasteiger partial charge in [-0.25, -0.2) is 4.98 Å². The fourth-order valence-electron chi connectivity index (χ4n) is 1.04. The van der Waals surface area contributed by atoms with Crippen molar-refractivity contribution < 1.29 is 4.74 Å². The summed E-state index contributed by atoms with van der Waals surface area (Å²) in [5, 5.41) is 6.56. The second-order valence-corrected chi connectivity index (χ2v) is 3.89. The minimum atomic E-state index is 0.328. The van der Waals surface area contributed by atoms with E-state index in [4.69, 9.17) is 4.74 Å². The summed E-state index contributed by atoms with van der Waals surface area (Å²) in [6.07, 6.45) is 0. The standard InChI is InChI=1S/C9H16N2OS/c1-7-6-13-9(11-7)8(2)10-4-5-12-3/h6,8,10H,4-5H2,1-3H3. The van der Waals surface area contributed by atoms with E-state index in [0.717, 1.165) is 23.9 Å². The van der Waals surface area contributed by atoms with Crippen molar-refractivity contribution in [3.63, 3.8) is 0 Å². The molecule has 0 saturated carbocycles. The summed E-state index contributed by atoms with van der Waals surface area (Å²) in [6.45, 7) is 5.75. The zero-order valence-electron chi connectivity index (χ0n) is 8.33. The van der Waals surface area contributed by atoms with Gasteiger partial charge >= 0.3 is 0 Å². The van der Waals surface area contributed by atoms with Crippen LogP contribution in [0.15, 0.2) is 5.38 Å². The summed E-state index contributed by atoms with van der Waals surface area (Å²) in [6, 6.07) is 0.328. The second kappa shape index (κ2) is 5.32. The summed E-state index contributed by atoms with van der Waals surface area (Å²) >= 11 is 1.70. The van der Waals surface area contributed by atoms with Crippen molar-refractivity contribution in [1.29, 1.82) is 0 Å². The topological polar surface area (TPSA) is 34.1 Å². The van der Waals surface area contributed by atoms with E-state index < -0.39 is 0 Å². The molecule has 1 aromatic rings. The van der Waals surface area contributed by atoms with Crippen LogP contribution in [0.2, 0.25) is 0 Å². The monoisotopic (exact) mass is 200 g/mol. The van der Waals surface area contributed by atoms with Gasteiger partial charge in [0.15, 0.2) is 0 Å². The van der Waals surface area contributed by atoms with Gasteiger partial charge in [-0.2, -0.15) is 0 Å². The predicted molar refractivity (Wildman–Crippen MR) is 55.1 cm³/mol. The van der Waals surface area contributed by atoms with Crippen molar-refractivity contribution in [2.75, 3.05) is 20.3 Å². The molecule has 0 aromatic carbocycles. The number of methoxy groups -OCH3 is 1. The second-order valence-electron chi connectivity index (χ2n) is 3.00. The highest BCUT2D eigenvalue weighted by molar-refractivity contribution is 7.09. The van der Waals surface area contributed by atoms with Crippen molar-refractivity contribution in [3.8, 4) is 0 Å². The molecule has 0 aliphatic carbocycles. The van der Waals surface area contributed by atoms with Gasteiger partial charge in [0.1, 0.15) is 5.01 Å². The molecule has 1 atom stereocenters. The number of aromatic nitrogens is 1. The van der Waals surface area contributed by atoms with Crippen LogP contribution in [0.3, 0.4) is 0 Å². The highest BCUT2D eigenvalue weighted by Gasteiger charge is 2.07. The number of hydrogen-bond acceptors (Lipinski definition) is 4. The number of hydrogen-bond donors (Lipinski definition) is 1. The Hall–Kier alpha value is -0.450. The maximum Gasteiger partial charge on any atom is 0.110 e. The molecule has 0 aliphatic rings. The molecular weight excluding hydrogens is 184 g/mol. The van der Waals surface area contributed by atoms with Gasteiger partial charge in [0.25, 0.3) is 0 Å². The molecule has 0 bridgehead atoms. The Morgan fingerprint density at radius 1 is 1.69 bits per heavy atom. The first-order chi connectivity index (χ1) is 6.24. The van der Waals surface area contributed by atoms with Gasteiger partial charge in [-0.15, -0.1) is 11.3 Å². The van der Waals surface area contributed by atoms with Crippen LogP contribution in [0.25, 0.3) is 0 Å². The molecule has 1 aromatic heterocycles. The maximum absolute atomic E-state index is 4.95. The fraction of sp³-hybridized carbons (Fsp3) is 0.667. The Morgan fingerprint density at radius 3 is 3.00 bits per heavy atom. The van der Waals surface area contributed by atoms with E-state index in [1.807, 2.05) is 6.92 Å². The molecule has 0 amide bonds. The molecule has 13 heavy (non-hydrogen) atoms. The zero-order chi connectivity index (χ0) is 9.68. The lowest BCUT2D eigenvalue weighted by molar-refractivity contribution is 0.196. The minimum Gasteiger partial charge on any atom is -0.383 e. The third-order valence-corrected chi connectivity index (χ3v) is 2.91. The number of aryl methyl sites for hydroxylation is 1. The summed E-state index contributed by atoms with van der Waals surface area (Å²) < 4.78 is 4.95. The molecule has 0 spiro atoms. The van der Waals surface area contributed by atoms with E-state index in [9.17, 15) is 0 Å². The largest absolute Gasteiger partial charge is 0.383 e. The third-order valence-electron chi connectivity index (χ3n) is 1.76. The van der Waals surface area contributed by atoms with Crippen molar-refractivity contribution in [3.05, 3.63) is 16.1 Å². The van der Waals surface area contributed by atoms with Gasteiger partial charge in [0.2, 0.25) is 0 Å². The number of ether oxygens (including phenoxy) is 1. The molecule has 3 nitrogen and oxygen atoms in total. The minimum absolute atomic E-state index is 0.328. The number of thiazole rings is 1. The van der Waals surface area contributed by atoms with Crippen molar-refractivity contribution in [2.45, 2.75) is 19.9 Å². The molecule has 1 rings (SSSR count). The number of nitrogens with zero attached hydrogens (tertiary/aromatic N) is 1. The van der Waals surface area contributed by atoms with Crippen LogP contribution in [0.5, 0.6) is 0 Å². The van der Waals surface area contributed by atoms with Crippen LogP contribution < -0.4 is 5.32 Å². The van der Waals surface area contributed by atoms with Gasteiger partial charge in [-0.05, 0) is 13.8 Å². The average Bonchev–Trinajstić information content (AvgIpc) is 2.52. The third kappa shape index (κ3) is 3.42. The van der Waals surface area contributed by atoms with E-state index in [1.165, 1.54) is 0 Å². The lowest BCUT2D eigenvalue weighted by atomic mass is 10.3. The highest BCUT2D eigenvalue weighted by atomic mass is 32.1. The van der Waals surface area contributed by atoms with Crippen LogP contribution in [0.1, 0.15) is 23.7 Å². The van der Waals surface area contributed by atoms with E-state index in [-0.39, 0.29) is 0 Å². The molecule has 0 radical (unpaired) electrons. The van der Waals surface area contributed by atoms with Gasteiger partial charge in [0.05, 0.1) is 12.6 Å². The first-order valence-corrected chi connectivity index (χ1v) is 5.26. The predicted octanol–water partition coefficient (Wildman–Crippen LogP) is 1.75. The summed E-state index contributed by atoms with van der Waals surface area (Å²) in [4.78, 5) is 4.40. The van der Waals surface area contributed by atoms with E-state index >= 15 is 0 Å². The molecule has 1 N–H and O–H groups in total. The van der Waals surface area contributed by atoms with Crippen molar-refractivity contribution in [1.82, 2.24) is 10.3 Å². The van der Waals surface area contributed by atoms with Crippen molar-refractivity contribution >= 4 is 11.3 Å². The van der Waals surface area contributed by atoms with Crippen molar-refractivity contribution in [2.24, 2.45) is 0 Å². The number of rotatable bonds is 5. The lowest BCUT2D eigenvalue weighted by Crippen LogP contribution is -2.22. The lowest BCUT2D eigenvalue weighted by Gasteiger charge is -2.09. The van der Waals surface area contributed by atoms with E-state index in [1.54, 1.807) is 18.4 Å². The number of nitrogens with one attached hydrogen (secondary N) is 1. The molecule has 0 aliphatic heterocycles. The molecular formula is C9H16N2OS. The maximum atomic E-state index is 4.95. The molecule has 0 fully saturated rings. The summed E-state index contributed by atoms with van der Waals surface area (Å²) in [5.74, 6) is 0. The quantitative estimate of drug-likeness (QED) is 0.735. The Labute approximate surface area is 83.1 Å². The van der Waals surface area contributed by atoms with E-state index in [0.29, 0.717) is 6.04 Å². The smallest absolute Gasteiger partial charge is 0.110 e. The Kier molecular flexibility index (Phi) is 4.35. The van der Waals surface area contributed by atoms with Crippen LogP contribution in [0.4, 0.5) is 0 Å². The SMILES string of the molecule is COCCNC(C)c1nc(C)cs1. The molecule has 4 heteroatoms. The summed E-state index contributed by atoms with van der Waals surface area (Å²) in [7, 11) is 1.71. The Bertz CT molecular complexity index is 250. The summed E-state index contributed by atoms with van der Waals surface area (Å²) in [5.41, 5.74) is 1.10. The van der Waals surface area contributed by atoms with Crippen LogP contribution >= 0.6 is 11.3 Å². The normalized spacial score (nSPS) is 13.2. The Balaban J connectivity index is 2.35. The average molecular weight is 200 g/mol. The van der Waals surface area contributed by atoms with Gasteiger partial charge in [-0.3, -0.25) is 0 Å². The first kappa shape index (κ1) is 10.6. The van der Waals surface area contributed by atoms with Crippen LogP contribution in [-0.4, -0.2) is 25.2 Å². The zero-order valence-corrected chi connectivity index (χ0v) is 9.15. The van der Waals surface area contributed by atoms with Crippen LogP contribution in [0, 0.1) is 6.92 Å². The molecule has 74 valence electrons. The molecule has 1 unspecified atom stereocenters. The fourth-order valence-corrected chi connectivity index (χ4v) is 1.86. The highest BCUT2D eigenvalue weighted by Crippen LogP contribution is 2.16. The Morgan fingerprint density at radius 2 is 2.46 bits per heavy atom.